The summed E-state index contributed by atoms with van der Waals surface area (Å²) in [4.78, 5) is 0. The Kier molecular flexibility index (Phi) is 4.18. The quantitative estimate of drug-likeness (QED) is 0.918. The van der Waals surface area contributed by atoms with E-state index in [4.69, 9.17) is 9.47 Å². The molecule has 0 aliphatic carbocycles. The van der Waals surface area contributed by atoms with Crippen molar-refractivity contribution in [1.29, 1.82) is 0 Å². The maximum Gasteiger partial charge on any atom is 0.161 e. The van der Waals surface area contributed by atoms with E-state index in [0.29, 0.717) is 19.3 Å². The van der Waals surface area contributed by atoms with Gasteiger partial charge in [0.2, 0.25) is 0 Å². The highest BCUT2D eigenvalue weighted by atomic mass is 32.2. The van der Waals surface area contributed by atoms with Crippen LogP contribution in [0, 0.1) is 5.92 Å². The van der Waals surface area contributed by atoms with E-state index in [0.717, 1.165) is 24.0 Å². The number of fused-ring (bicyclic) bond motifs is 1. The fraction of sp³-hybridized carbons (Fsp3) is 0.600. The lowest BCUT2D eigenvalue weighted by molar-refractivity contribution is 0.171. The molecule has 0 radical (unpaired) electrons. The van der Waals surface area contributed by atoms with E-state index < -0.39 is 0 Å². The first-order chi connectivity index (χ1) is 9.33. The molecule has 19 heavy (non-hydrogen) atoms. The van der Waals surface area contributed by atoms with Gasteiger partial charge in [0.1, 0.15) is 13.2 Å². The normalized spacial score (nSPS) is 23.3. The minimum absolute atomic E-state index is 0.362. The topological polar surface area (TPSA) is 30.5 Å². The van der Waals surface area contributed by atoms with Crippen LogP contribution in [0.25, 0.3) is 0 Å². The molecule has 0 spiro atoms. The molecular weight excluding hydrogens is 258 g/mol. The maximum atomic E-state index is 5.64. The molecule has 0 amide bonds. The standard InChI is InChI=1S/C15H21NO2S/c1-11(16-9-12-4-7-19-10-12)13-2-3-14-15(8-13)18-6-5-17-14/h2-3,8,11-12,16H,4-7,9-10H2,1H3. The molecule has 0 bridgehead atoms. The van der Waals surface area contributed by atoms with Gasteiger partial charge in [-0.1, -0.05) is 6.07 Å². The van der Waals surface area contributed by atoms with Gasteiger partial charge in [-0.2, -0.15) is 11.8 Å². The zero-order valence-corrected chi connectivity index (χ0v) is 12.2. The van der Waals surface area contributed by atoms with Crippen molar-refractivity contribution in [3.63, 3.8) is 0 Å². The summed E-state index contributed by atoms with van der Waals surface area (Å²) in [5.41, 5.74) is 1.27. The number of nitrogens with one attached hydrogen (secondary N) is 1. The van der Waals surface area contributed by atoms with Gasteiger partial charge in [0.25, 0.3) is 0 Å². The van der Waals surface area contributed by atoms with E-state index in [1.807, 2.05) is 6.07 Å². The van der Waals surface area contributed by atoms with E-state index in [1.54, 1.807) is 0 Å². The minimum Gasteiger partial charge on any atom is -0.486 e. The zero-order valence-electron chi connectivity index (χ0n) is 11.4. The van der Waals surface area contributed by atoms with Crippen LogP contribution in [0.5, 0.6) is 11.5 Å². The lowest BCUT2D eigenvalue weighted by Crippen LogP contribution is -2.26. The van der Waals surface area contributed by atoms with Crippen LogP contribution in [0.3, 0.4) is 0 Å². The Balaban J connectivity index is 1.60. The van der Waals surface area contributed by atoms with Gasteiger partial charge in [-0.25, -0.2) is 0 Å². The van der Waals surface area contributed by atoms with E-state index in [-0.39, 0.29) is 0 Å². The van der Waals surface area contributed by atoms with Crippen LogP contribution in [0.4, 0.5) is 0 Å². The summed E-state index contributed by atoms with van der Waals surface area (Å²) in [5.74, 6) is 5.22. The summed E-state index contributed by atoms with van der Waals surface area (Å²) in [5, 5.41) is 3.64. The van der Waals surface area contributed by atoms with Gasteiger partial charge in [-0.3, -0.25) is 0 Å². The number of rotatable bonds is 4. The van der Waals surface area contributed by atoms with Crippen LogP contribution in [0.15, 0.2) is 18.2 Å². The Labute approximate surface area is 119 Å². The molecule has 1 aromatic carbocycles. The largest absolute Gasteiger partial charge is 0.486 e. The summed E-state index contributed by atoms with van der Waals surface area (Å²) in [7, 11) is 0. The van der Waals surface area contributed by atoms with Crippen LogP contribution < -0.4 is 14.8 Å². The molecule has 4 heteroatoms. The molecule has 3 rings (SSSR count). The summed E-state index contributed by atoms with van der Waals surface area (Å²) >= 11 is 2.07. The molecule has 2 heterocycles. The Bertz CT molecular complexity index is 432. The third-order valence-electron chi connectivity index (χ3n) is 3.80. The summed E-state index contributed by atoms with van der Waals surface area (Å²) in [6.45, 7) is 4.63. The first kappa shape index (κ1) is 13.1. The lowest BCUT2D eigenvalue weighted by Gasteiger charge is -2.22. The van der Waals surface area contributed by atoms with E-state index >= 15 is 0 Å². The summed E-state index contributed by atoms with van der Waals surface area (Å²) < 4.78 is 11.2. The average Bonchev–Trinajstić information content (AvgIpc) is 2.97. The highest BCUT2D eigenvalue weighted by Gasteiger charge is 2.18. The number of thioether (sulfide) groups is 1. The van der Waals surface area contributed by atoms with E-state index in [2.05, 4.69) is 36.1 Å². The fourth-order valence-corrected chi connectivity index (χ4v) is 3.82. The predicted octanol–water partition coefficient (Wildman–Crippen LogP) is 2.86. The maximum absolute atomic E-state index is 5.64. The SMILES string of the molecule is CC(NCC1CCSC1)c1ccc2c(c1)OCCO2. The summed E-state index contributed by atoms with van der Waals surface area (Å²) in [6, 6.07) is 6.62. The molecule has 2 unspecified atom stereocenters. The van der Waals surface area contributed by atoms with Crippen molar-refractivity contribution in [2.45, 2.75) is 19.4 Å². The molecule has 1 fully saturated rings. The lowest BCUT2D eigenvalue weighted by atomic mass is 10.1. The van der Waals surface area contributed by atoms with Crippen molar-refractivity contribution in [2.24, 2.45) is 5.92 Å². The molecule has 1 aromatic rings. The molecule has 104 valence electrons. The molecule has 2 aliphatic rings. The van der Waals surface area contributed by atoms with Gasteiger partial charge in [-0.15, -0.1) is 0 Å². The minimum atomic E-state index is 0.362. The van der Waals surface area contributed by atoms with Crippen LogP contribution in [-0.2, 0) is 0 Å². The van der Waals surface area contributed by atoms with Gasteiger partial charge in [0, 0.05) is 6.04 Å². The number of hydrogen-bond acceptors (Lipinski definition) is 4. The molecule has 3 nitrogen and oxygen atoms in total. The third-order valence-corrected chi connectivity index (χ3v) is 5.03. The second-order valence-electron chi connectivity index (χ2n) is 5.26. The molecule has 2 atom stereocenters. The van der Waals surface area contributed by atoms with Gasteiger partial charge in [0.15, 0.2) is 11.5 Å². The molecule has 1 N–H and O–H groups in total. The number of benzene rings is 1. The van der Waals surface area contributed by atoms with Crippen LogP contribution >= 0.6 is 11.8 Å². The molecule has 0 aromatic heterocycles. The second-order valence-corrected chi connectivity index (χ2v) is 6.41. The van der Waals surface area contributed by atoms with Crippen LogP contribution in [0.1, 0.15) is 24.9 Å². The smallest absolute Gasteiger partial charge is 0.161 e. The van der Waals surface area contributed by atoms with Crippen molar-refractivity contribution in [1.82, 2.24) is 5.32 Å². The Morgan fingerprint density at radius 2 is 2.16 bits per heavy atom. The second kappa shape index (κ2) is 6.06. The van der Waals surface area contributed by atoms with Gasteiger partial charge < -0.3 is 14.8 Å². The van der Waals surface area contributed by atoms with Crippen molar-refractivity contribution in [3.8, 4) is 11.5 Å². The van der Waals surface area contributed by atoms with Gasteiger partial charge in [0.05, 0.1) is 0 Å². The van der Waals surface area contributed by atoms with E-state index in [1.165, 1.54) is 23.5 Å². The van der Waals surface area contributed by atoms with Crippen LogP contribution in [-0.4, -0.2) is 31.3 Å². The number of hydrogen-bond donors (Lipinski definition) is 1. The average molecular weight is 279 g/mol. The van der Waals surface area contributed by atoms with Gasteiger partial charge >= 0.3 is 0 Å². The fourth-order valence-electron chi connectivity index (χ4n) is 2.53. The van der Waals surface area contributed by atoms with Crippen molar-refractivity contribution >= 4 is 11.8 Å². The highest BCUT2D eigenvalue weighted by Crippen LogP contribution is 2.32. The van der Waals surface area contributed by atoms with Crippen molar-refractivity contribution in [3.05, 3.63) is 23.8 Å². The monoisotopic (exact) mass is 279 g/mol. The predicted molar refractivity (Wildman–Crippen MR) is 79.3 cm³/mol. The first-order valence-corrected chi connectivity index (χ1v) is 8.19. The van der Waals surface area contributed by atoms with Crippen molar-refractivity contribution in [2.75, 3.05) is 31.3 Å². The van der Waals surface area contributed by atoms with Crippen LogP contribution in [0.2, 0.25) is 0 Å². The molecule has 2 aliphatic heterocycles. The number of ether oxygens (including phenoxy) is 2. The van der Waals surface area contributed by atoms with Gasteiger partial charge in [-0.05, 0) is 55.0 Å². The Morgan fingerprint density at radius 3 is 2.95 bits per heavy atom. The van der Waals surface area contributed by atoms with Crippen molar-refractivity contribution < 1.29 is 9.47 Å². The highest BCUT2D eigenvalue weighted by molar-refractivity contribution is 7.99. The zero-order chi connectivity index (χ0) is 13.1. The third kappa shape index (κ3) is 3.18. The summed E-state index contributed by atoms with van der Waals surface area (Å²) in [6.07, 6.45) is 1.35. The molecular formula is C15H21NO2S. The molecule has 1 saturated heterocycles. The Hall–Kier alpha value is -0.870. The first-order valence-electron chi connectivity index (χ1n) is 7.03. The molecule has 0 saturated carbocycles. The Morgan fingerprint density at radius 1 is 1.32 bits per heavy atom. The van der Waals surface area contributed by atoms with E-state index in [9.17, 15) is 0 Å².